The van der Waals surface area contributed by atoms with Crippen LogP contribution in [0.3, 0.4) is 0 Å². The van der Waals surface area contributed by atoms with Gasteiger partial charge >= 0.3 is 11.9 Å². The average Bonchev–Trinajstić information content (AvgIpc) is 2.46. The summed E-state index contributed by atoms with van der Waals surface area (Å²) < 4.78 is 9.98. The lowest BCUT2D eigenvalue weighted by Gasteiger charge is -2.27. The molecule has 5 nitrogen and oxygen atoms in total. The lowest BCUT2D eigenvalue weighted by Crippen LogP contribution is -2.46. The number of hydrogen-bond donors (Lipinski definition) is 0. The first-order valence-corrected chi connectivity index (χ1v) is 6.40. The van der Waals surface area contributed by atoms with Crippen LogP contribution in [0.15, 0.2) is 30.3 Å². The van der Waals surface area contributed by atoms with Gasteiger partial charge in [0, 0.05) is 0 Å². The Balaban J connectivity index is 3.38. The fourth-order valence-electron chi connectivity index (χ4n) is 1.92. The number of esters is 2. The normalized spacial score (nSPS) is 10.4. The second-order valence-corrected chi connectivity index (χ2v) is 4.05. The van der Waals surface area contributed by atoms with Gasteiger partial charge in [0.1, 0.15) is 0 Å². The van der Waals surface area contributed by atoms with Gasteiger partial charge in [-0.15, -0.1) is 0 Å². The second kappa shape index (κ2) is 7.29. The van der Waals surface area contributed by atoms with Crippen LogP contribution in [0.25, 0.3) is 0 Å². The standard InChI is InChI=1S/C15H17NO4/c1-3-19-13(17)15(10-11-16,14(18)20-4-2)12-8-6-5-7-9-12/h5-9H,3-4,10H2,1-2H3. The topological polar surface area (TPSA) is 76.4 Å². The van der Waals surface area contributed by atoms with Gasteiger partial charge in [0.2, 0.25) is 5.41 Å². The molecule has 0 bridgehead atoms. The third-order valence-corrected chi connectivity index (χ3v) is 2.86. The average molecular weight is 275 g/mol. The Hall–Kier alpha value is -2.35. The fraction of sp³-hybridized carbons (Fsp3) is 0.400. The van der Waals surface area contributed by atoms with Crippen LogP contribution in [0.1, 0.15) is 25.8 Å². The summed E-state index contributed by atoms with van der Waals surface area (Å²) in [5.74, 6) is -1.52. The van der Waals surface area contributed by atoms with E-state index in [1.54, 1.807) is 44.2 Å². The van der Waals surface area contributed by atoms with Crippen molar-refractivity contribution < 1.29 is 19.1 Å². The molecule has 0 aliphatic carbocycles. The smallest absolute Gasteiger partial charge is 0.329 e. The molecule has 20 heavy (non-hydrogen) atoms. The van der Waals surface area contributed by atoms with Crippen molar-refractivity contribution in [2.75, 3.05) is 13.2 Å². The molecule has 0 fully saturated rings. The van der Waals surface area contributed by atoms with E-state index in [1.165, 1.54) is 0 Å². The zero-order chi connectivity index (χ0) is 15.0. The molecule has 1 aromatic carbocycles. The first kappa shape index (κ1) is 15.7. The summed E-state index contributed by atoms with van der Waals surface area (Å²) in [5.41, 5.74) is -1.32. The summed E-state index contributed by atoms with van der Waals surface area (Å²) in [7, 11) is 0. The maximum Gasteiger partial charge on any atom is 0.329 e. The Bertz CT molecular complexity index is 486. The molecule has 0 atom stereocenters. The van der Waals surface area contributed by atoms with Crippen LogP contribution in [0, 0.1) is 11.3 Å². The summed E-state index contributed by atoms with van der Waals surface area (Å²) in [4.78, 5) is 24.6. The van der Waals surface area contributed by atoms with Gasteiger partial charge in [0.15, 0.2) is 0 Å². The van der Waals surface area contributed by atoms with Crippen molar-refractivity contribution in [1.29, 1.82) is 5.26 Å². The Labute approximate surface area is 118 Å². The van der Waals surface area contributed by atoms with Gasteiger partial charge in [-0.1, -0.05) is 30.3 Å². The summed E-state index contributed by atoms with van der Waals surface area (Å²) in [6.45, 7) is 3.53. The van der Waals surface area contributed by atoms with E-state index in [-0.39, 0.29) is 19.6 Å². The Morgan fingerprint density at radius 1 is 1.10 bits per heavy atom. The number of nitriles is 1. The highest BCUT2D eigenvalue weighted by atomic mass is 16.6. The minimum absolute atomic E-state index is 0.123. The molecule has 0 radical (unpaired) electrons. The Morgan fingerprint density at radius 2 is 1.60 bits per heavy atom. The van der Waals surface area contributed by atoms with Gasteiger partial charge in [-0.3, -0.25) is 9.59 Å². The number of hydrogen-bond acceptors (Lipinski definition) is 5. The van der Waals surface area contributed by atoms with Gasteiger partial charge in [0.25, 0.3) is 0 Å². The molecule has 0 spiro atoms. The molecule has 5 heteroatoms. The number of nitrogens with zero attached hydrogens (tertiary/aromatic N) is 1. The van der Waals surface area contributed by atoms with Crippen molar-refractivity contribution in [2.45, 2.75) is 25.7 Å². The minimum atomic E-state index is -1.72. The van der Waals surface area contributed by atoms with E-state index in [1.807, 2.05) is 6.07 Å². The highest BCUT2D eigenvalue weighted by Gasteiger charge is 2.50. The molecule has 0 unspecified atom stereocenters. The molecule has 1 rings (SSSR count). The van der Waals surface area contributed by atoms with E-state index in [0.29, 0.717) is 5.56 Å². The number of carbonyl (C=O) groups is 2. The predicted molar refractivity (Wildman–Crippen MR) is 71.6 cm³/mol. The molecular formula is C15H17NO4. The number of ether oxygens (including phenoxy) is 2. The number of carbonyl (C=O) groups excluding carboxylic acids is 2. The first-order valence-electron chi connectivity index (χ1n) is 6.40. The van der Waals surface area contributed by atoms with E-state index in [4.69, 9.17) is 14.7 Å². The van der Waals surface area contributed by atoms with Crippen molar-refractivity contribution >= 4 is 11.9 Å². The van der Waals surface area contributed by atoms with Crippen molar-refractivity contribution in [3.05, 3.63) is 35.9 Å². The van der Waals surface area contributed by atoms with Crippen LogP contribution < -0.4 is 0 Å². The number of rotatable bonds is 6. The summed E-state index contributed by atoms with van der Waals surface area (Å²) in [6, 6.07) is 10.3. The zero-order valence-corrected chi connectivity index (χ0v) is 11.6. The van der Waals surface area contributed by atoms with Gasteiger partial charge in [-0.25, -0.2) is 0 Å². The van der Waals surface area contributed by atoms with Crippen LogP contribution in [0.5, 0.6) is 0 Å². The van der Waals surface area contributed by atoms with Gasteiger partial charge < -0.3 is 9.47 Å². The van der Waals surface area contributed by atoms with Crippen molar-refractivity contribution in [3.8, 4) is 6.07 Å². The minimum Gasteiger partial charge on any atom is -0.465 e. The zero-order valence-electron chi connectivity index (χ0n) is 11.6. The summed E-state index contributed by atoms with van der Waals surface area (Å²) in [5, 5.41) is 9.03. The summed E-state index contributed by atoms with van der Waals surface area (Å²) in [6.07, 6.45) is -0.325. The van der Waals surface area contributed by atoms with Crippen LogP contribution in [0.2, 0.25) is 0 Å². The van der Waals surface area contributed by atoms with Crippen LogP contribution in [0.4, 0.5) is 0 Å². The van der Waals surface area contributed by atoms with Gasteiger partial charge in [-0.05, 0) is 19.4 Å². The molecule has 0 amide bonds. The monoisotopic (exact) mass is 275 g/mol. The molecule has 0 saturated heterocycles. The second-order valence-electron chi connectivity index (χ2n) is 4.05. The largest absolute Gasteiger partial charge is 0.465 e. The molecule has 0 heterocycles. The van der Waals surface area contributed by atoms with Crippen molar-refractivity contribution in [1.82, 2.24) is 0 Å². The quantitative estimate of drug-likeness (QED) is 0.586. The van der Waals surface area contributed by atoms with E-state index in [2.05, 4.69) is 0 Å². The third kappa shape index (κ3) is 2.97. The fourth-order valence-corrected chi connectivity index (χ4v) is 1.92. The van der Waals surface area contributed by atoms with Crippen LogP contribution in [-0.2, 0) is 24.5 Å². The number of benzene rings is 1. The van der Waals surface area contributed by atoms with Crippen LogP contribution in [-0.4, -0.2) is 25.2 Å². The molecule has 0 aliphatic rings. The van der Waals surface area contributed by atoms with E-state index in [9.17, 15) is 9.59 Å². The highest BCUT2D eigenvalue weighted by Crippen LogP contribution is 2.31. The van der Waals surface area contributed by atoms with E-state index in [0.717, 1.165) is 0 Å². The van der Waals surface area contributed by atoms with E-state index < -0.39 is 17.4 Å². The Morgan fingerprint density at radius 3 is 2.00 bits per heavy atom. The van der Waals surface area contributed by atoms with E-state index >= 15 is 0 Å². The molecule has 0 saturated carbocycles. The highest BCUT2D eigenvalue weighted by molar-refractivity contribution is 6.06. The molecule has 1 aromatic rings. The van der Waals surface area contributed by atoms with Gasteiger partial charge in [0.05, 0.1) is 25.7 Å². The van der Waals surface area contributed by atoms with Crippen LogP contribution >= 0.6 is 0 Å². The Kier molecular flexibility index (Phi) is 5.73. The van der Waals surface area contributed by atoms with Crippen molar-refractivity contribution in [2.24, 2.45) is 0 Å². The molecule has 0 N–H and O–H groups in total. The maximum atomic E-state index is 12.3. The maximum absolute atomic E-state index is 12.3. The van der Waals surface area contributed by atoms with Crippen molar-refractivity contribution in [3.63, 3.8) is 0 Å². The SMILES string of the molecule is CCOC(=O)C(CC#N)(C(=O)OCC)c1ccccc1. The third-order valence-electron chi connectivity index (χ3n) is 2.86. The molecular weight excluding hydrogens is 258 g/mol. The predicted octanol–water partition coefficient (Wildman–Crippen LogP) is 1.96. The summed E-state index contributed by atoms with van der Waals surface area (Å²) >= 11 is 0. The van der Waals surface area contributed by atoms with Gasteiger partial charge in [-0.2, -0.15) is 5.26 Å². The molecule has 0 aromatic heterocycles. The molecule has 0 aliphatic heterocycles. The molecule has 106 valence electrons. The lowest BCUT2D eigenvalue weighted by molar-refractivity contribution is -0.164. The lowest BCUT2D eigenvalue weighted by atomic mass is 9.78. The first-order chi connectivity index (χ1) is 9.63.